The van der Waals surface area contributed by atoms with E-state index in [9.17, 15) is 0 Å². The lowest BCUT2D eigenvalue weighted by atomic mass is 10.1. The molecule has 1 unspecified atom stereocenters. The van der Waals surface area contributed by atoms with Crippen molar-refractivity contribution in [2.24, 2.45) is 0 Å². The van der Waals surface area contributed by atoms with Gasteiger partial charge in [-0.3, -0.25) is 0 Å². The first-order valence-corrected chi connectivity index (χ1v) is 9.10. The van der Waals surface area contributed by atoms with Crippen molar-refractivity contribution in [3.8, 4) is 0 Å². The van der Waals surface area contributed by atoms with Gasteiger partial charge >= 0.3 is 0 Å². The molecule has 6 heteroatoms. The second-order valence-electron chi connectivity index (χ2n) is 5.80. The quantitative estimate of drug-likeness (QED) is 0.867. The summed E-state index contributed by atoms with van der Waals surface area (Å²) < 4.78 is 0. The Bertz CT molecular complexity index is 449. The number of nitrogens with one attached hydrogen (secondary N) is 2. The van der Waals surface area contributed by atoms with Crippen LogP contribution in [0.2, 0.25) is 0 Å². The van der Waals surface area contributed by atoms with Gasteiger partial charge in [0.1, 0.15) is 18.0 Å². The Morgan fingerprint density at radius 2 is 2.14 bits per heavy atom. The fourth-order valence-electron chi connectivity index (χ4n) is 3.19. The maximum atomic E-state index is 4.46. The van der Waals surface area contributed by atoms with Crippen molar-refractivity contribution in [2.45, 2.75) is 37.8 Å². The molecule has 116 valence electrons. The summed E-state index contributed by atoms with van der Waals surface area (Å²) in [7, 11) is 1.90. The van der Waals surface area contributed by atoms with Crippen LogP contribution in [-0.2, 0) is 0 Å². The van der Waals surface area contributed by atoms with E-state index in [4.69, 9.17) is 0 Å². The number of aromatic nitrogens is 2. The molecule has 0 radical (unpaired) electrons. The van der Waals surface area contributed by atoms with E-state index in [0.29, 0.717) is 12.1 Å². The van der Waals surface area contributed by atoms with Crippen molar-refractivity contribution < 1.29 is 0 Å². The molecule has 0 spiro atoms. The van der Waals surface area contributed by atoms with E-state index in [-0.39, 0.29) is 0 Å². The largest absolute Gasteiger partial charge is 0.373 e. The van der Waals surface area contributed by atoms with Crippen LogP contribution in [0.1, 0.15) is 25.7 Å². The van der Waals surface area contributed by atoms with Crippen LogP contribution in [0.25, 0.3) is 0 Å². The van der Waals surface area contributed by atoms with Gasteiger partial charge in [0.2, 0.25) is 0 Å². The highest BCUT2D eigenvalue weighted by Gasteiger charge is 2.26. The van der Waals surface area contributed by atoms with Crippen molar-refractivity contribution in [3.05, 3.63) is 12.4 Å². The van der Waals surface area contributed by atoms with Gasteiger partial charge in [-0.1, -0.05) is 0 Å². The summed E-state index contributed by atoms with van der Waals surface area (Å²) in [5, 5.41) is 6.87. The first-order valence-electron chi connectivity index (χ1n) is 7.94. The first kappa shape index (κ1) is 14.9. The monoisotopic (exact) mass is 307 g/mol. The number of nitrogens with zero attached hydrogens (tertiary/aromatic N) is 3. The molecule has 21 heavy (non-hydrogen) atoms. The number of hydrogen-bond acceptors (Lipinski definition) is 6. The summed E-state index contributed by atoms with van der Waals surface area (Å²) in [6.45, 7) is 2.18. The molecule has 3 rings (SSSR count). The Kier molecular flexibility index (Phi) is 5.19. The summed E-state index contributed by atoms with van der Waals surface area (Å²) in [6, 6.07) is 3.33. The summed E-state index contributed by atoms with van der Waals surface area (Å²) in [5.41, 5.74) is 0. The zero-order valence-electron chi connectivity index (χ0n) is 12.7. The molecule has 1 aromatic heterocycles. The van der Waals surface area contributed by atoms with Crippen molar-refractivity contribution in [1.82, 2.24) is 15.3 Å². The molecule has 5 nitrogen and oxygen atoms in total. The predicted molar refractivity (Wildman–Crippen MR) is 90.3 cm³/mol. The third-order valence-corrected chi connectivity index (χ3v) is 5.49. The van der Waals surface area contributed by atoms with Gasteiger partial charge in [-0.05, 0) is 37.2 Å². The van der Waals surface area contributed by atoms with E-state index in [1.165, 1.54) is 37.2 Å². The van der Waals surface area contributed by atoms with Gasteiger partial charge in [-0.2, -0.15) is 11.8 Å². The second-order valence-corrected chi connectivity index (χ2v) is 7.02. The molecule has 1 atom stereocenters. The third kappa shape index (κ3) is 3.80. The lowest BCUT2D eigenvalue weighted by molar-refractivity contribution is 0.454. The van der Waals surface area contributed by atoms with Crippen molar-refractivity contribution in [1.29, 1.82) is 0 Å². The molecular formula is C15H25N5S. The molecule has 0 aromatic carbocycles. The van der Waals surface area contributed by atoms with Gasteiger partial charge in [0, 0.05) is 38.3 Å². The molecule has 0 amide bonds. The van der Waals surface area contributed by atoms with E-state index in [0.717, 1.165) is 24.7 Å². The second kappa shape index (κ2) is 7.31. The molecule has 0 saturated carbocycles. The van der Waals surface area contributed by atoms with Crippen LogP contribution in [0.3, 0.4) is 0 Å². The number of thioether (sulfide) groups is 1. The van der Waals surface area contributed by atoms with E-state index >= 15 is 0 Å². The van der Waals surface area contributed by atoms with Crippen LogP contribution in [-0.4, -0.2) is 53.7 Å². The SMILES string of the molecule is CNc1cc(N2CCCC2CNC2CCSCC2)ncn1. The molecule has 1 aromatic rings. The van der Waals surface area contributed by atoms with Gasteiger partial charge in [-0.25, -0.2) is 9.97 Å². The third-order valence-electron chi connectivity index (χ3n) is 4.44. The number of hydrogen-bond donors (Lipinski definition) is 2. The van der Waals surface area contributed by atoms with E-state index in [1.54, 1.807) is 6.33 Å². The Morgan fingerprint density at radius 1 is 1.29 bits per heavy atom. The zero-order chi connectivity index (χ0) is 14.5. The molecule has 2 saturated heterocycles. The lowest BCUT2D eigenvalue weighted by Gasteiger charge is -2.29. The molecule has 3 heterocycles. The van der Waals surface area contributed by atoms with Gasteiger partial charge in [0.25, 0.3) is 0 Å². The molecule has 2 fully saturated rings. The molecule has 2 aliphatic heterocycles. The normalized spacial score (nSPS) is 23.5. The standard InChI is InChI=1S/C15H25N5S/c1-16-14-9-15(19-11-18-14)20-6-2-3-13(20)10-17-12-4-7-21-8-5-12/h9,11-13,17H,2-8,10H2,1H3,(H,16,18,19). The van der Waals surface area contributed by atoms with Crippen molar-refractivity contribution >= 4 is 23.4 Å². The summed E-state index contributed by atoms with van der Waals surface area (Å²) in [5.74, 6) is 4.56. The highest BCUT2D eigenvalue weighted by atomic mass is 32.2. The van der Waals surface area contributed by atoms with Crippen LogP contribution in [0.15, 0.2) is 12.4 Å². The first-order chi connectivity index (χ1) is 10.4. The smallest absolute Gasteiger partial charge is 0.134 e. The number of rotatable bonds is 5. The summed E-state index contributed by atoms with van der Waals surface area (Å²) in [6.07, 6.45) is 6.80. The lowest BCUT2D eigenvalue weighted by Crippen LogP contribution is -2.43. The molecule has 0 aliphatic carbocycles. The fraction of sp³-hybridized carbons (Fsp3) is 0.733. The highest BCUT2D eigenvalue weighted by Crippen LogP contribution is 2.25. The Morgan fingerprint density at radius 3 is 2.95 bits per heavy atom. The van der Waals surface area contributed by atoms with E-state index < -0.39 is 0 Å². The average molecular weight is 307 g/mol. The number of anilines is 2. The fourth-order valence-corrected chi connectivity index (χ4v) is 4.30. The summed E-state index contributed by atoms with van der Waals surface area (Å²) in [4.78, 5) is 11.1. The predicted octanol–water partition coefficient (Wildman–Crippen LogP) is 1.97. The van der Waals surface area contributed by atoms with E-state index in [2.05, 4.69) is 43.3 Å². The Labute approximate surface area is 131 Å². The molecule has 0 bridgehead atoms. The molecular weight excluding hydrogens is 282 g/mol. The van der Waals surface area contributed by atoms with Crippen LogP contribution in [0.4, 0.5) is 11.6 Å². The molecule has 2 N–H and O–H groups in total. The van der Waals surface area contributed by atoms with Gasteiger partial charge in [-0.15, -0.1) is 0 Å². The van der Waals surface area contributed by atoms with Crippen molar-refractivity contribution in [2.75, 3.05) is 41.9 Å². The maximum absolute atomic E-state index is 4.46. The topological polar surface area (TPSA) is 53.1 Å². The van der Waals surface area contributed by atoms with Gasteiger partial charge in [0.05, 0.1) is 0 Å². The van der Waals surface area contributed by atoms with Crippen LogP contribution < -0.4 is 15.5 Å². The minimum absolute atomic E-state index is 0.569. The van der Waals surface area contributed by atoms with Gasteiger partial charge < -0.3 is 15.5 Å². The maximum Gasteiger partial charge on any atom is 0.134 e. The highest BCUT2D eigenvalue weighted by molar-refractivity contribution is 7.99. The Hall–Kier alpha value is -1.01. The zero-order valence-corrected chi connectivity index (χ0v) is 13.5. The minimum atomic E-state index is 0.569. The van der Waals surface area contributed by atoms with Crippen LogP contribution in [0, 0.1) is 0 Å². The average Bonchev–Trinajstić information content (AvgIpc) is 3.02. The van der Waals surface area contributed by atoms with E-state index in [1.807, 2.05) is 7.05 Å². The van der Waals surface area contributed by atoms with Crippen LogP contribution in [0.5, 0.6) is 0 Å². The summed E-state index contributed by atoms with van der Waals surface area (Å²) >= 11 is 2.08. The molecule has 2 aliphatic rings. The van der Waals surface area contributed by atoms with Crippen LogP contribution >= 0.6 is 11.8 Å². The Balaban J connectivity index is 1.59. The minimum Gasteiger partial charge on any atom is -0.373 e. The van der Waals surface area contributed by atoms with Crippen molar-refractivity contribution in [3.63, 3.8) is 0 Å². The van der Waals surface area contributed by atoms with Gasteiger partial charge in [0.15, 0.2) is 0 Å².